The first-order valence-electron chi connectivity index (χ1n) is 6.93. The number of benzene rings is 1. The van der Waals surface area contributed by atoms with Crippen LogP contribution in [0.1, 0.15) is 32.4 Å². The summed E-state index contributed by atoms with van der Waals surface area (Å²) in [5, 5.41) is 12.4. The maximum Gasteiger partial charge on any atom is 0.277 e. The van der Waals surface area contributed by atoms with Crippen molar-refractivity contribution < 1.29 is 24.1 Å². The minimum atomic E-state index is -0.915. The molecule has 0 spiro atoms. The molecule has 1 amide bonds. The summed E-state index contributed by atoms with van der Waals surface area (Å²) >= 11 is 0. The quantitative estimate of drug-likeness (QED) is 0.717. The average molecular weight is 297 g/mol. The molecule has 21 heavy (non-hydrogen) atoms. The largest absolute Gasteiger partial charge is 0.504 e. The molecule has 0 bridgehead atoms. The predicted molar refractivity (Wildman–Crippen MR) is 78.3 cm³/mol. The van der Waals surface area contributed by atoms with Crippen molar-refractivity contribution in [1.29, 1.82) is 0 Å². The van der Waals surface area contributed by atoms with Crippen LogP contribution in [0.15, 0.2) is 18.2 Å². The van der Waals surface area contributed by atoms with E-state index in [1.54, 1.807) is 26.0 Å². The Morgan fingerprint density at radius 2 is 1.90 bits per heavy atom. The van der Waals surface area contributed by atoms with Crippen molar-refractivity contribution in [2.24, 2.45) is 0 Å². The summed E-state index contributed by atoms with van der Waals surface area (Å²) in [6.07, 6.45) is -0.915. The van der Waals surface area contributed by atoms with E-state index < -0.39 is 6.29 Å². The van der Waals surface area contributed by atoms with E-state index in [1.165, 1.54) is 13.2 Å². The van der Waals surface area contributed by atoms with Crippen LogP contribution in [0.3, 0.4) is 0 Å². The molecule has 0 fully saturated rings. The van der Waals surface area contributed by atoms with Gasteiger partial charge in [0.05, 0.1) is 13.2 Å². The van der Waals surface area contributed by atoms with Crippen LogP contribution in [-0.4, -0.2) is 37.6 Å². The Bertz CT molecular complexity index is 457. The number of carbonyl (C=O) groups excluding carboxylic acids is 1. The van der Waals surface area contributed by atoms with Gasteiger partial charge in [-0.15, -0.1) is 0 Å². The van der Waals surface area contributed by atoms with E-state index in [-0.39, 0.29) is 17.7 Å². The van der Waals surface area contributed by atoms with Crippen LogP contribution in [0, 0.1) is 0 Å². The maximum atomic E-state index is 12.1. The minimum Gasteiger partial charge on any atom is -0.504 e. The summed E-state index contributed by atoms with van der Waals surface area (Å²) in [6, 6.07) is 4.66. The van der Waals surface area contributed by atoms with Gasteiger partial charge in [0.15, 0.2) is 11.5 Å². The molecule has 0 aliphatic rings. The molecule has 0 saturated carbocycles. The molecule has 1 aromatic carbocycles. The summed E-state index contributed by atoms with van der Waals surface area (Å²) in [4.78, 5) is 12.1. The van der Waals surface area contributed by atoms with Gasteiger partial charge in [-0.05, 0) is 38.5 Å². The van der Waals surface area contributed by atoms with Gasteiger partial charge in [0.25, 0.3) is 5.91 Å². The molecular formula is C15H23NO5. The van der Waals surface area contributed by atoms with Crippen molar-refractivity contribution in [3.05, 3.63) is 23.8 Å². The first-order valence-corrected chi connectivity index (χ1v) is 6.93. The number of amides is 1. The normalized spacial score (nSPS) is 12.2. The lowest BCUT2D eigenvalue weighted by Gasteiger charge is -2.20. The van der Waals surface area contributed by atoms with Gasteiger partial charge in [-0.3, -0.25) is 4.79 Å². The highest BCUT2D eigenvalue weighted by Gasteiger charge is 2.21. The second-order valence-electron chi connectivity index (χ2n) is 4.40. The molecule has 1 rings (SSSR count). The number of aromatic hydroxyl groups is 1. The zero-order valence-electron chi connectivity index (χ0n) is 12.9. The Morgan fingerprint density at radius 1 is 1.29 bits per heavy atom. The zero-order valence-corrected chi connectivity index (χ0v) is 12.9. The molecular weight excluding hydrogens is 274 g/mol. The lowest BCUT2D eigenvalue weighted by Crippen LogP contribution is -2.39. The minimum absolute atomic E-state index is 0.0567. The van der Waals surface area contributed by atoms with Crippen LogP contribution in [0.2, 0.25) is 0 Å². The van der Waals surface area contributed by atoms with E-state index in [2.05, 4.69) is 5.32 Å². The van der Waals surface area contributed by atoms with Crippen LogP contribution >= 0.6 is 0 Å². The van der Waals surface area contributed by atoms with Gasteiger partial charge in [0.1, 0.15) is 0 Å². The Balaban J connectivity index is 2.75. The molecule has 0 heterocycles. The van der Waals surface area contributed by atoms with E-state index in [4.69, 9.17) is 14.2 Å². The second-order valence-corrected chi connectivity index (χ2v) is 4.40. The van der Waals surface area contributed by atoms with Crippen LogP contribution in [0.4, 0.5) is 0 Å². The first kappa shape index (κ1) is 17.3. The summed E-state index contributed by atoms with van der Waals surface area (Å²) in [7, 11) is 1.47. The van der Waals surface area contributed by atoms with E-state index in [9.17, 15) is 9.90 Å². The van der Waals surface area contributed by atoms with Crippen molar-refractivity contribution >= 4 is 5.91 Å². The van der Waals surface area contributed by atoms with Crippen molar-refractivity contribution in [2.75, 3.05) is 20.3 Å². The fourth-order valence-electron chi connectivity index (χ4n) is 1.83. The summed E-state index contributed by atoms with van der Waals surface area (Å²) in [6.45, 7) is 6.21. The van der Waals surface area contributed by atoms with Gasteiger partial charge in [-0.2, -0.15) is 0 Å². The number of phenolic OH excluding ortho intramolecular Hbond substituents is 1. The number of rotatable bonds is 8. The summed E-state index contributed by atoms with van der Waals surface area (Å²) < 4.78 is 15.5. The Kier molecular flexibility index (Phi) is 6.98. The number of carbonyl (C=O) groups is 1. The fourth-order valence-corrected chi connectivity index (χ4v) is 1.83. The van der Waals surface area contributed by atoms with E-state index in [1.807, 2.05) is 6.92 Å². The average Bonchev–Trinajstić information content (AvgIpc) is 2.47. The Labute approximate surface area is 125 Å². The van der Waals surface area contributed by atoms with E-state index >= 15 is 0 Å². The highest BCUT2D eigenvalue weighted by Crippen LogP contribution is 2.28. The number of phenols is 1. The number of methoxy groups -OCH3 is 1. The van der Waals surface area contributed by atoms with Gasteiger partial charge in [0, 0.05) is 13.2 Å². The highest BCUT2D eigenvalue weighted by molar-refractivity contribution is 5.79. The van der Waals surface area contributed by atoms with Gasteiger partial charge < -0.3 is 24.6 Å². The SMILES string of the molecule is CCOC(OCC)C(=O)NC(C)c1ccc(O)c(OC)c1. The van der Waals surface area contributed by atoms with Gasteiger partial charge >= 0.3 is 0 Å². The van der Waals surface area contributed by atoms with Crippen LogP contribution < -0.4 is 10.1 Å². The third kappa shape index (κ3) is 4.91. The van der Waals surface area contributed by atoms with Crippen molar-refractivity contribution in [2.45, 2.75) is 33.1 Å². The molecule has 0 aliphatic heterocycles. The van der Waals surface area contributed by atoms with Crippen molar-refractivity contribution in [3.8, 4) is 11.5 Å². The lowest BCUT2D eigenvalue weighted by atomic mass is 10.1. The Hall–Kier alpha value is -1.79. The summed E-state index contributed by atoms with van der Waals surface area (Å²) in [5.41, 5.74) is 0.810. The molecule has 0 aromatic heterocycles. The number of hydrogen-bond acceptors (Lipinski definition) is 5. The number of ether oxygens (including phenoxy) is 3. The maximum absolute atomic E-state index is 12.1. The van der Waals surface area contributed by atoms with E-state index in [0.29, 0.717) is 19.0 Å². The third-order valence-electron chi connectivity index (χ3n) is 2.91. The Morgan fingerprint density at radius 3 is 2.43 bits per heavy atom. The molecule has 6 heteroatoms. The second kappa shape index (κ2) is 8.49. The van der Waals surface area contributed by atoms with Crippen LogP contribution in [0.5, 0.6) is 11.5 Å². The zero-order chi connectivity index (χ0) is 15.8. The molecule has 1 aromatic rings. The highest BCUT2D eigenvalue weighted by atomic mass is 16.7. The van der Waals surface area contributed by atoms with Crippen LogP contribution in [-0.2, 0) is 14.3 Å². The van der Waals surface area contributed by atoms with Gasteiger partial charge in [-0.1, -0.05) is 6.07 Å². The predicted octanol–water partition coefficient (Wildman–Crippen LogP) is 1.98. The van der Waals surface area contributed by atoms with Crippen molar-refractivity contribution in [1.82, 2.24) is 5.32 Å². The monoisotopic (exact) mass is 297 g/mol. The lowest BCUT2D eigenvalue weighted by molar-refractivity contribution is -0.170. The van der Waals surface area contributed by atoms with Crippen molar-refractivity contribution in [3.63, 3.8) is 0 Å². The molecule has 2 N–H and O–H groups in total. The third-order valence-corrected chi connectivity index (χ3v) is 2.91. The molecule has 0 radical (unpaired) electrons. The molecule has 0 saturated heterocycles. The smallest absolute Gasteiger partial charge is 0.277 e. The topological polar surface area (TPSA) is 77.0 Å². The first-order chi connectivity index (χ1) is 10.0. The molecule has 6 nitrogen and oxygen atoms in total. The van der Waals surface area contributed by atoms with Crippen LogP contribution in [0.25, 0.3) is 0 Å². The standard InChI is InChI=1S/C15H23NO5/c1-5-20-15(21-6-2)14(18)16-10(3)11-7-8-12(17)13(9-11)19-4/h7-10,15,17H,5-6H2,1-4H3,(H,16,18). The van der Waals surface area contributed by atoms with Gasteiger partial charge in [-0.25, -0.2) is 0 Å². The number of hydrogen-bond donors (Lipinski definition) is 2. The van der Waals surface area contributed by atoms with E-state index in [0.717, 1.165) is 5.56 Å². The fraction of sp³-hybridized carbons (Fsp3) is 0.533. The molecule has 118 valence electrons. The van der Waals surface area contributed by atoms with Gasteiger partial charge in [0.2, 0.25) is 6.29 Å². The molecule has 1 unspecified atom stereocenters. The summed E-state index contributed by atoms with van der Waals surface area (Å²) in [5.74, 6) is 0.0827. The molecule has 1 atom stereocenters. The molecule has 0 aliphatic carbocycles. The number of nitrogens with one attached hydrogen (secondary N) is 1.